The molecule has 0 spiro atoms. The Morgan fingerprint density at radius 1 is 0.865 bits per heavy atom. The van der Waals surface area contributed by atoms with Gasteiger partial charge in [0, 0.05) is 37.7 Å². The van der Waals surface area contributed by atoms with Crippen LogP contribution in [0.2, 0.25) is 0 Å². The SMILES string of the molecule is C/C=C\C/C=C\C/C=C\C/C=C\C/C=C\C/C=C\CC(=O)NCCC(=O)N[C@@H](Cc1cnc[nH]1)C(=O)O. The summed E-state index contributed by atoms with van der Waals surface area (Å²) in [5, 5.41) is 14.4. The van der Waals surface area contributed by atoms with Crippen molar-refractivity contribution < 1.29 is 19.5 Å². The zero-order valence-corrected chi connectivity index (χ0v) is 21.6. The number of aromatic amines is 1. The van der Waals surface area contributed by atoms with Gasteiger partial charge in [-0.05, 0) is 39.0 Å². The quantitative estimate of drug-likeness (QED) is 0.201. The van der Waals surface area contributed by atoms with E-state index in [-0.39, 0.29) is 31.7 Å². The molecule has 0 aliphatic heterocycles. The Hall–Kier alpha value is -3.94. The molecule has 1 aromatic heterocycles. The summed E-state index contributed by atoms with van der Waals surface area (Å²) in [5.41, 5.74) is 0.613. The molecule has 2 amide bonds. The number of imidazole rings is 1. The maximum absolute atomic E-state index is 12.0. The third kappa shape index (κ3) is 18.1. The Morgan fingerprint density at radius 2 is 1.41 bits per heavy atom. The van der Waals surface area contributed by atoms with Crippen LogP contribution in [-0.4, -0.2) is 45.4 Å². The van der Waals surface area contributed by atoms with E-state index in [1.165, 1.54) is 12.5 Å². The van der Waals surface area contributed by atoms with Crippen molar-refractivity contribution in [1.82, 2.24) is 20.6 Å². The summed E-state index contributed by atoms with van der Waals surface area (Å²) in [7, 11) is 0. The lowest BCUT2D eigenvalue weighted by atomic mass is 10.1. The Kier molecular flexibility index (Phi) is 17.9. The average molecular weight is 509 g/mol. The van der Waals surface area contributed by atoms with Gasteiger partial charge in [-0.25, -0.2) is 9.78 Å². The molecule has 0 bridgehead atoms. The molecular weight excluding hydrogens is 468 g/mol. The number of rotatable bonds is 19. The fourth-order valence-corrected chi connectivity index (χ4v) is 3.06. The molecule has 0 saturated heterocycles. The molecule has 1 heterocycles. The number of carbonyl (C=O) groups excluding carboxylic acids is 2. The van der Waals surface area contributed by atoms with Gasteiger partial charge < -0.3 is 20.7 Å². The van der Waals surface area contributed by atoms with Gasteiger partial charge >= 0.3 is 5.97 Å². The molecule has 1 atom stereocenters. The monoisotopic (exact) mass is 508 g/mol. The van der Waals surface area contributed by atoms with E-state index in [1.54, 1.807) is 6.08 Å². The number of nitrogens with zero attached hydrogens (tertiary/aromatic N) is 1. The number of carboxylic acid groups (broad SMARTS) is 1. The van der Waals surface area contributed by atoms with Gasteiger partial charge in [0.25, 0.3) is 0 Å². The Bertz CT molecular complexity index is 957. The Morgan fingerprint density at radius 3 is 1.89 bits per heavy atom. The van der Waals surface area contributed by atoms with Crippen LogP contribution in [0.1, 0.15) is 57.6 Å². The number of carbonyl (C=O) groups is 3. The van der Waals surface area contributed by atoms with Crippen molar-refractivity contribution in [2.75, 3.05) is 6.54 Å². The van der Waals surface area contributed by atoms with Gasteiger partial charge in [0.2, 0.25) is 11.8 Å². The lowest BCUT2D eigenvalue weighted by Crippen LogP contribution is -2.43. The summed E-state index contributed by atoms with van der Waals surface area (Å²) in [6.07, 6.45) is 32.8. The van der Waals surface area contributed by atoms with E-state index in [1.807, 2.05) is 13.0 Å². The van der Waals surface area contributed by atoms with Crippen LogP contribution in [0.5, 0.6) is 0 Å². The first kappa shape index (κ1) is 31.1. The van der Waals surface area contributed by atoms with Gasteiger partial charge in [0.05, 0.1) is 6.33 Å². The summed E-state index contributed by atoms with van der Waals surface area (Å²) in [6.45, 7) is 2.17. The standard InChI is InChI=1S/C29H40N4O4/c1-2-3-4-5-6-7-8-9-10-11-12-13-14-15-16-17-18-19-27(34)31-21-20-28(35)33-26(29(36)37)22-25-23-30-24-32-25/h2-3,5-6,8-9,11-12,14-15,17-18,23-24,26H,4,7,10,13,16,19-22H2,1H3,(H,30,32)(H,31,34)(H,33,35)(H,36,37)/b3-2-,6-5-,9-8-,12-11-,15-14-,18-17-/t26-/m0/s1. The largest absolute Gasteiger partial charge is 0.480 e. The van der Waals surface area contributed by atoms with E-state index >= 15 is 0 Å². The number of hydrogen-bond acceptors (Lipinski definition) is 4. The predicted octanol–water partition coefficient (Wildman–Crippen LogP) is 4.73. The zero-order valence-electron chi connectivity index (χ0n) is 21.6. The molecule has 37 heavy (non-hydrogen) atoms. The molecule has 0 aliphatic rings. The van der Waals surface area contributed by atoms with Gasteiger partial charge in [-0.2, -0.15) is 0 Å². The van der Waals surface area contributed by atoms with Crippen molar-refractivity contribution in [3.63, 3.8) is 0 Å². The topological polar surface area (TPSA) is 124 Å². The first-order valence-corrected chi connectivity index (χ1v) is 12.6. The lowest BCUT2D eigenvalue weighted by molar-refractivity contribution is -0.141. The number of aromatic nitrogens is 2. The fraction of sp³-hybridized carbons (Fsp3) is 0.379. The van der Waals surface area contributed by atoms with E-state index in [9.17, 15) is 19.5 Å². The number of aliphatic carboxylic acids is 1. The van der Waals surface area contributed by atoms with Crippen molar-refractivity contribution in [2.24, 2.45) is 0 Å². The third-order valence-electron chi connectivity index (χ3n) is 5.02. The van der Waals surface area contributed by atoms with E-state index < -0.39 is 17.9 Å². The minimum atomic E-state index is -1.13. The maximum Gasteiger partial charge on any atom is 0.326 e. The van der Waals surface area contributed by atoms with Crippen molar-refractivity contribution in [2.45, 2.75) is 64.3 Å². The van der Waals surface area contributed by atoms with Crippen LogP contribution in [0.25, 0.3) is 0 Å². The number of nitrogens with one attached hydrogen (secondary N) is 3. The molecule has 1 rings (SSSR count). The molecule has 4 N–H and O–H groups in total. The molecule has 0 aliphatic carbocycles. The molecule has 200 valence electrons. The highest BCUT2D eigenvalue weighted by atomic mass is 16.4. The van der Waals surface area contributed by atoms with Gasteiger partial charge in [-0.3, -0.25) is 9.59 Å². The van der Waals surface area contributed by atoms with E-state index in [0.29, 0.717) is 5.69 Å². The average Bonchev–Trinajstić information content (AvgIpc) is 3.38. The minimum absolute atomic E-state index is 0.00215. The van der Waals surface area contributed by atoms with Crippen molar-refractivity contribution in [3.05, 3.63) is 91.1 Å². The summed E-state index contributed by atoms with van der Waals surface area (Å²) in [4.78, 5) is 41.9. The normalized spacial score (nSPS) is 13.1. The van der Waals surface area contributed by atoms with Crippen LogP contribution >= 0.6 is 0 Å². The molecular formula is C29H40N4O4. The number of amides is 2. The maximum atomic E-state index is 12.0. The molecule has 0 unspecified atom stereocenters. The van der Waals surface area contributed by atoms with Crippen LogP contribution in [0.4, 0.5) is 0 Å². The molecule has 0 radical (unpaired) electrons. The number of H-pyrrole nitrogens is 1. The van der Waals surface area contributed by atoms with Crippen molar-refractivity contribution in [3.8, 4) is 0 Å². The summed E-state index contributed by atoms with van der Waals surface area (Å²) < 4.78 is 0. The Labute approximate surface area is 220 Å². The van der Waals surface area contributed by atoms with Crippen LogP contribution < -0.4 is 10.6 Å². The summed E-state index contributed by atoms with van der Waals surface area (Å²) in [6, 6.07) is -1.06. The van der Waals surface area contributed by atoms with Crippen LogP contribution in [0, 0.1) is 0 Å². The van der Waals surface area contributed by atoms with Gasteiger partial charge in [-0.15, -0.1) is 0 Å². The molecule has 0 fully saturated rings. The number of allylic oxidation sites excluding steroid dienone is 11. The fourth-order valence-electron chi connectivity index (χ4n) is 3.06. The third-order valence-corrected chi connectivity index (χ3v) is 5.02. The van der Waals surface area contributed by atoms with Gasteiger partial charge in [-0.1, -0.05) is 72.9 Å². The highest BCUT2D eigenvalue weighted by Crippen LogP contribution is 2.00. The zero-order chi connectivity index (χ0) is 27.0. The molecule has 1 aromatic rings. The number of hydrogen-bond donors (Lipinski definition) is 4. The lowest BCUT2D eigenvalue weighted by Gasteiger charge is -2.13. The predicted molar refractivity (Wildman–Crippen MR) is 148 cm³/mol. The molecule has 8 heteroatoms. The smallest absolute Gasteiger partial charge is 0.326 e. The second-order valence-electron chi connectivity index (χ2n) is 8.15. The Balaban J connectivity index is 2.08. The highest BCUT2D eigenvalue weighted by molar-refractivity contribution is 5.84. The summed E-state index contributed by atoms with van der Waals surface area (Å²) in [5.74, 6) is -1.76. The first-order chi connectivity index (χ1) is 18.0. The van der Waals surface area contributed by atoms with Crippen LogP contribution in [0.15, 0.2) is 85.4 Å². The van der Waals surface area contributed by atoms with E-state index in [0.717, 1.165) is 32.1 Å². The minimum Gasteiger partial charge on any atom is -0.480 e. The molecule has 8 nitrogen and oxygen atoms in total. The summed E-state index contributed by atoms with van der Waals surface area (Å²) >= 11 is 0. The number of carboxylic acids is 1. The van der Waals surface area contributed by atoms with Crippen LogP contribution in [0.3, 0.4) is 0 Å². The van der Waals surface area contributed by atoms with Crippen molar-refractivity contribution in [1.29, 1.82) is 0 Å². The first-order valence-electron chi connectivity index (χ1n) is 12.6. The second kappa shape index (κ2) is 21.4. The molecule has 0 aromatic carbocycles. The van der Waals surface area contributed by atoms with E-state index in [4.69, 9.17) is 0 Å². The van der Waals surface area contributed by atoms with Crippen molar-refractivity contribution >= 4 is 17.8 Å². The highest BCUT2D eigenvalue weighted by Gasteiger charge is 2.20. The molecule has 0 saturated carbocycles. The van der Waals surface area contributed by atoms with Gasteiger partial charge in [0.15, 0.2) is 0 Å². The van der Waals surface area contributed by atoms with E-state index in [2.05, 4.69) is 81.4 Å². The van der Waals surface area contributed by atoms with Crippen LogP contribution in [-0.2, 0) is 20.8 Å². The second-order valence-corrected chi connectivity index (χ2v) is 8.15. The van der Waals surface area contributed by atoms with Gasteiger partial charge in [0.1, 0.15) is 6.04 Å².